The van der Waals surface area contributed by atoms with Gasteiger partial charge in [-0.1, -0.05) is 0 Å². The van der Waals surface area contributed by atoms with E-state index in [2.05, 4.69) is 28.7 Å². The molecule has 0 saturated carbocycles. The second-order valence-electron chi connectivity index (χ2n) is 7.45. The molecule has 2 aliphatic rings. The zero-order chi connectivity index (χ0) is 18.0. The van der Waals surface area contributed by atoms with Crippen molar-refractivity contribution in [3.8, 4) is 0 Å². The Labute approximate surface area is 150 Å². The van der Waals surface area contributed by atoms with Gasteiger partial charge in [-0.05, 0) is 26.7 Å². The van der Waals surface area contributed by atoms with Gasteiger partial charge in [0.1, 0.15) is 0 Å². The molecule has 0 aliphatic carbocycles. The van der Waals surface area contributed by atoms with Gasteiger partial charge in [-0.25, -0.2) is 0 Å². The molecule has 2 fully saturated rings. The van der Waals surface area contributed by atoms with Gasteiger partial charge in [0, 0.05) is 70.3 Å². The van der Waals surface area contributed by atoms with Crippen molar-refractivity contribution in [1.82, 2.24) is 19.6 Å². The lowest BCUT2D eigenvalue weighted by atomic mass is 10.0. The minimum atomic E-state index is -0.191. The fourth-order valence-electron chi connectivity index (χ4n) is 4.08. The number of primary amides is 1. The predicted octanol–water partition coefficient (Wildman–Crippen LogP) is 0.435. The van der Waals surface area contributed by atoms with Crippen LogP contribution < -0.4 is 5.73 Å². The van der Waals surface area contributed by atoms with Crippen molar-refractivity contribution in [3.63, 3.8) is 0 Å². The molecule has 7 heteroatoms. The molecule has 25 heavy (non-hydrogen) atoms. The Hall–Kier alpha value is -1.44. The quantitative estimate of drug-likeness (QED) is 0.853. The maximum absolute atomic E-state index is 12.0. The monoisotopic (exact) mass is 349 g/mol. The minimum absolute atomic E-state index is 0.123. The summed E-state index contributed by atoms with van der Waals surface area (Å²) in [6.45, 7) is 10.1. The average molecular weight is 349 g/mol. The lowest BCUT2D eigenvalue weighted by Gasteiger charge is -2.34. The summed E-state index contributed by atoms with van der Waals surface area (Å²) in [5, 5.41) is 4.52. The van der Waals surface area contributed by atoms with Gasteiger partial charge in [-0.2, -0.15) is 5.10 Å². The number of rotatable bonds is 4. The molecule has 0 aromatic carbocycles. The summed E-state index contributed by atoms with van der Waals surface area (Å²) in [6, 6.07) is 0.511. The highest BCUT2D eigenvalue weighted by atomic mass is 16.5. The van der Waals surface area contributed by atoms with Gasteiger partial charge in [0.25, 0.3) is 0 Å². The normalized spacial score (nSPS) is 24.4. The Morgan fingerprint density at radius 3 is 2.56 bits per heavy atom. The molecule has 1 unspecified atom stereocenters. The van der Waals surface area contributed by atoms with E-state index in [4.69, 9.17) is 10.5 Å². The van der Waals surface area contributed by atoms with E-state index in [-0.39, 0.29) is 11.8 Å². The molecule has 2 aliphatic heterocycles. The maximum Gasteiger partial charge on any atom is 0.223 e. The highest BCUT2D eigenvalue weighted by Gasteiger charge is 2.31. The van der Waals surface area contributed by atoms with E-state index in [9.17, 15) is 4.79 Å². The average Bonchev–Trinajstić information content (AvgIpc) is 2.78. The number of carbonyl (C=O) groups is 1. The highest BCUT2D eigenvalue weighted by Crippen LogP contribution is 2.21. The van der Waals surface area contributed by atoms with Crippen molar-refractivity contribution in [2.24, 2.45) is 18.7 Å². The molecule has 7 nitrogen and oxygen atoms in total. The first-order valence-electron chi connectivity index (χ1n) is 9.28. The van der Waals surface area contributed by atoms with Crippen molar-refractivity contribution in [2.45, 2.75) is 39.3 Å². The number of aromatic nitrogens is 2. The number of hydrogen-bond acceptors (Lipinski definition) is 5. The van der Waals surface area contributed by atoms with Crippen LogP contribution in [0.5, 0.6) is 0 Å². The van der Waals surface area contributed by atoms with Crippen molar-refractivity contribution in [3.05, 3.63) is 17.0 Å². The molecule has 3 heterocycles. The standard InChI is InChI=1S/C18H31N5O2/c1-13-17(14(2)21(3)20-13)12-22-6-7-23(11-15(10-22)18(19)24)16-4-8-25-9-5-16/h15-16H,4-12H2,1-3H3,(H2,19,24). The van der Waals surface area contributed by atoms with Gasteiger partial charge >= 0.3 is 0 Å². The summed E-state index contributed by atoms with van der Waals surface area (Å²) in [5.41, 5.74) is 9.25. The van der Waals surface area contributed by atoms with E-state index >= 15 is 0 Å². The van der Waals surface area contributed by atoms with Crippen molar-refractivity contribution in [2.75, 3.05) is 39.4 Å². The largest absolute Gasteiger partial charge is 0.381 e. The first kappa shape index (κ1) is 18.4. The van der Waals surface area contributed by atoms with Crippen LogP contribution in [0.4, 0.5) is 0 Å². The fraction of sp³-hybridized carbons (Fsp3) is 0.778. The Morgan fingerprint density at radius 1 is 1.24 bits per heavy atom. The third kappa shape index (κ3) is 4.22. The molecule has 0 radical (unpaired) electrons. The van der Waals surface area contributed by atoms with Crippen LogP contribution in [0.2, 0.25) is 0 Å². The van der Waals surface area contributed by atoms with Crippen LogP contribution in [-0.4, -0.2) is 70.9 Å². The summed E-state index contributed by atoms with van der Waals surface area (Å²) in [5.74, 6) is -0.314. The minimum Gasteiger partial charge on any atom is -0.381 e. The molecular weight excluding hydrogens is 318 g/mol. The number of hydrogen-bond donors (Lipinski definition) is 1. The van der Waals surface area contributed by atoms with E-state index < -0.39 is 0 Å². The van der Waals surface area contributed by atoms with Gasteiger partial charge < -0.3 is 10.5 Å². The van der Waals surface area contributed by atoms with E-state index in [1.165, 1.54) is 11.3 Å². The van der Waals surface area contributed by atoms with Crippen molar-refractivity contribution in [1.29, 1.82) is 0 Å². The smallest absolute Gasteiger partial charge is 0.223 e. The summed E-state index contributed by atoms with van der Waals surface area (Å²) in [4.78, 5) is 16.8. The van der Waals surface area contributed by atoms with Gasteiger partial charge in [-0.15, -0.1) is 0 Å². The molecule has 1 aromatic rings. The zero-order valence-corrected chi connectivity index (χ0v) is 15.7. The van der Waals surface area contributed by atoms with Crippen LogP contribution in [0.3, 0.4) is 0 Å². The maximum atomic E-state index is 12.0. The molecule has 1 amide bonds. The Bertz CT molecular complexity index is 609. The first-order chi connectivity index (χ1) is 12.0. The molecule has 3 rings (SSSR count). The van der Waals surface area contributed by atoms with Crippen LogP contribution in [0.25, 0.3) is 0 Å². The van der Waals surface area contributed by atoms with Crippen molar-refractivity contribution < 1.29 is 9.53 Å². The molecule has 0 spiro atoms. The topological polar surface area (TPSA) is 76.6 Å². The lowest BCUT2D eigenvalue weighted by Crippen LogP contribution is -2.44. The number of aryl methyl sites for hydroxylation is 2. The predicted molar refractivity (Wildman–Crippen MR) is 96.1 cm³/mol. The van der Waals surface area contributed by atoms with Crippen molar-refractivity contribution >= 4 is 5.91 Å². The van der Waals surface area contributed by atoms with Crippen LogP contribution in [0.1, 0.15) is 29.8 Å². The van der Waals surface area contributed by atoms with Crippen LogP contribution in [-0.2, 0) is 23.1 Å². The molecular formula is C18H31N5O2. The summed E-state index contributed by atoms with van der Waals surface area (Å²) >= 11 is 0. The lowest BCUT2D eigenvalue weighted by molar-refractivity contribution is -0.122. The van der Waals surface area contributed by atoms with Crippen LogP contribution in [0.15, 0.2) is 0 Å². The molecule has 1 aromatic heterocycles. The van der Waals surface area contributed by atoms with Gasteiger partial charge in [-0.3, -0.25) is 19.3 Å². The third-order valence-electron chi connectivity index (χ3n) is 5.79. The Kier molecular flexibility index (Phi) is 5.76. The summed E-state index contributed by atoms with van der Waals surface area (Å²) in [6.07, 6.45) is 2.10. The van der Waals surface area contributed by atoms with E-state index in [0.717, 1.165) is 64.5 Å². The second kappa shape index (κ2) is 7.85. The van der Waals surface area contributed by atoms with E-state index in [0.29, 0.717) is 6.04 Å². The molecule has 0 bridgehead atoms. The number of carbonyl (C=O) groups excluding carboxylic acids is 1. The molecule has 2 saturated heterocycles. The van der Waals surface area contributed by atoms with Gasteiger partial charge in [0.05, 0.1) is 11.6 Å². The first-order valence-corrected chi connectivity index (χ1v) is 9.28. The van der Waals surface area contributed by atoms with E-state index in [1.807, 2.05) is 11.7 Å². The summed E-state index contributed by atoms with van der Waals surface area (Å²) < 4.78 is 7.42. The van der Waals surface area contributed by atoms with Crippen LogP contribution >= 0.6 is 0 Å². The number of amides is 1. The second-order valence-corrected chi connectivity index (χ2v) is 7.45. The Morgan fingerprint density at radius 2 is 1.96 bits per heavy atom. The molecule has 140 valence electrons. The molecule has 2 N–H and O–H groups in total. The Balaban J connectivity index is 1.72. The number of nitrogens with zero attached hydrogens (tertiary/aromatic N) is 4. The molecule has 1 atom stereocenters. The third-order valence-corrected chi connectivity index (χ3v) is 5.79. The number of ether oxygens (including phenoxy) is 1. The highest BCUT2D eigenvalue weighted by molar-refractivity contribution is 5.77. The van der Waals surface area contributed by atoms with E-state index in [1.54, 1.807) is 0 Å². The number of nitrogens with two attached hydrogens (primary N) is 1. The van der Waals surface area contributed by atoms with Crippen LogP contribution in [0, 0.1) is 19.8 Å². The SMILES string of the molecule is Cc1nn(C)c(C)c1CN1CCN(C2CCOCC2)CC(C(N)=O)C1. The fourth-order valence-corrected chi connectivity index (χ4v) is 4.08. The summed E-state index contributed by atoms with van der Waals surface area (Å²) in [7, 11) is 1.98. The zero-order valence-electron chi connectivity index (χ0n) is 15.7. The van der Waals surface area contributed by atoms with Gasteiger partial charge in [0.2, 0.25) is 5.91 Å². The van der Waals surface area contributed by atoms with Gasteiger partial charge in [0.15, 0.2) is 0 Å².